The summed E-state index contributed by atoms with van der Waals surface area (Å²) in [6.07, 6.45) is -13.7. The molecule has 2 atom stereocenters. The Balaban J connectivity index is 0.000000753. The summed E-state index contributed by atoms with van der Waals surface area (Å²) in [7, 11) is 4.26. The number of aliphatic carboxylic acids is 3. The van der Waals surface area contributed by atoms with Crippen molar-refractivity contribution in [3.05, 3.63) is 35.6 Å². The third-order valence-electron chi connectivity index (χ3n) is 5.92. The maximum atomic E-state index is 13.0. The molecule has 0 aliphatic carbocycles. The molecule has 0 spiro atoms. The van der Waals surface area contributed by atoms with Crippen LogP contribution in [-0.4, -0.2) is 133 Å². The van der Waals surface area contributed by atoms with Gasteiger partial charge in [0.05, 0.1) is 12.7 Å². The highest BCUT2D eigenvalue weighted by atomic mass is 19.4. The first kappa shape index (κ1) is 41.8. The Labute approximate surface area is 250 Å². The molecule has 0 unspecified atom stereocenters. The average molecular weight is 678 g/mol. The fourth-order valence-corrected chi connectivity index (χ4v) is 3.72. The van der Waals surface area contributed by atoms with Gasteiger partial charge in [0.25, 0.3) is 0 Å². The molecule has 10 nitrogen and oxygen atoms in total. The van der Waals surface area contributed by atoms with E-state index < -0.39 is 36.4 Å². The molecule has 2 aliphatic rings. The minimum Gasteiger partial charge on any atom is -0.475 e. The van der Waals surface area contributed by atoms with E-state index in [-0.39, 0.29) is 5.82 Å². The van der Waals surface area contributed by atoms with Gasteiger partial charge in [-0.25, -0.2) is 18.8 Å². The Hall–Kier alpha value is -3.23. The number of alkyl halides is 9. The number of piperidine rings is 1. The van der Waals surface area contributed by atoms with Crippen LogP contribution >= 0.6 is 0 Å². The van der Waals surface area contributed by atoms with E-state index in [0.29, 0.717) is 12.0 Å². The van der Waals surface area contributed by atoms with Crippen LogP contribution in [0.1, 0.15) is 12.0 Å². The number of fused-ring (bicyclic) bond motifs is 1. The number of rotatable bonds is 5. The molecule has 20 heteroatoms. The number of likely N-dealkylation sites (tertiary alicyclic amines) is 1. The van der Waals surface area contributed by atoms with Gasteiger partial charge in [-0.05, 0) is 44.8 Å². The third-order valence-corrected chi connectivity index (χ3v) is 5.92. The van der Waals surface area contributed by atoms with Crippen molar-refractivity contribution in [2.45, 2.75) is 37.6 Å². The topological polar surface area (TPSA) is 131 Å². The van der Waals surface area contributed by atoms with Gasteiger partial charge in [-0.3, -0.25) is 9.80 Å². The van der Waals surface area contributed by atoms with Crippen molar-refractivity contribution in [3.8, 4) is 0 Å². The van der Waals surface area contributed by atoms with Crippen molar-refractivity contribution in [1.29, 1.82) is 0 Å². The molecule has 0 bridgehead atoms. The van der Waals surface area contributed by atoms with Crippen molar-refractivity contribution in [2.24, 2.45) is 5.92 Å². The maximum Gasteiger partial charge on any atom is 0.490 e. The largest absolute Gasteiger partial charge is 0.490 e. The fourth-order valence-electron chi connectivity index (χ4n) is 3.72. The molecule has 2 saturated heterocycles. The van der Waals surface area contributed by atoms with Gasteiger partial charge in [-0.1, -0.05) is 12.1 Å². The first-order valence-electron chi connectivity index (χ1n) is 12.8. The molecule has 0 aromatic heterocycles. The predicted molar refractivity (Wildman–Crippen MR) is 136 cm³/mol. The summed E-state index contributed by atoms with van der Waals surface area (Å²) >= 11 is 0. The molecule has 0 amide bonds. The molecule has 0 radical (unpaired) electrons. The second-order valence-corrected chi connectivity index (χ2v) is 9.83. The number of benzene rings is 1. The van der Waals surface area contributed by atoms with Gasteiger partial charge >= 0.3 is 36.4 Å². The lowest BCUT2D eigenvalue weighted by Crippen LogP contribution is -2.46. The summed E-state index contributed by atoms with van der Waals surface area (Å²) in [6, 6.07) is 6.87. The van der Waals surface area contributed by atoms with Gasteiger partial charge < -0.3 is 25.0 Å². The molecule has 3 rings (SSSR count). The Morgan fingerprint density at radius 3 is 1.64 bits per heavy atom. The smallest absolute Gasteiger partial charge is 0.475 e. The van der Waals surface area contributed by atoms with E-state index >= 15 is 0 Å². The number of hydrogen-bond acceptors (Lipinski definition) is 7. The number of ether oxygens (including phenoxy) is 1. The number of likely N-dealkylation sites (N-methyl/N-ethyl adjacent to an activating group) is 1. The van der Waals surface area contributed by atoms with Crippen LogP contribution in [0.25, 0.3) is 0 Å². The predicted octanol–water partition coefficient (Wildman–Crippen LogP) is 3.81. The second kappa shape index (κ2) is 18.7. The standard InChI is InChI=1S/C19H30FN3O.3C2HF3O2/c1-21(2)9-10-22-11-12-24-19-15-23(8-7-17(19)14-22)13-16-3-5-18(20)6-4-16;3*3-2(4,5)1(6)7/h3-6,17,19H,7-15H2,1-2H3;3*(H,6,7)/t17-,19-;;;/m1.../s1. The summed E-state index contributed by atoms with van der Waals surface area (Å²) in [6.45, 7) is 8.23. The number of carboxylic acids is 3. The van der Waals surface area contributed by atoms with Crippen molar-refractivity contribution in [2.75, 3.05) is 60.0 Å². The van der Waals surface area contributed by atoms with E-state index in [0.717, 1.165) is 52.4 Å². The molecule has 2 fully saturated rings. The summed E-state index contributed by atoms with van der Waals surface area (Å²) in [4.78, 5) is 33.9. The lowest BCUT2D eigenvalue weighted by Gasteiger charge is -2.38. The Kier molecular flexibility index (Phi) is 17.3. The van der Waals surface area contributed by atoms with E-state index in [1.807, 2.05) is 12.1 Å². The van der Waals surface area contributed by atoms with Crippen molar-refractivity contribution >= 4 is 17.9 Å². The zero-order chi connectivity index (χ0) is 35.2. The lowest BCUT2D eigenvalue weighted by molar-refractivity contribution is -0.193. The van der Waals surface area contributed by atoms with Crippen LogP contribution in [0.4, 0.5) is 43.9 Å². The Bertz CT molecular complexity index is 995. The molecular weight excluding hydrogens is 644 g/mol. The van der Waals surface area contributed by atoms with Crippen LogP contribution in [0.2, 0.25) is 0 Å². The summed E-state index contributed by atoms with van der Waals surface area (Å²) < 4.78 is 114. The molecule has 260 valence electrons. The molecule has 0 saturated carbocycles. The van der Waals surface area contributed by atoms with E-state index in [4.69, 9.17) is 34.4 Å². The number of nitrogens with zero attached hydrogens (tertiary/aromatic N) is 3. The normalized spacial score (nSPS) is 19.3. The fraction of sp³-hybridized carbons (Fsp3) is 0.640. The second-order valence-electron chi connectivity index (χ2n) is 9.83. The van der Waals surface area contributed by atoms with Gasteiger partial charge in [-0.2, -0.15) is 39.5 Å². The monoisotopic (exact) mass is 677 g/mol. The molecule has 3 N–H and O–H groups in total. The first-order chi connectivity index (χ1) is 20.4. The van der Waals surface area contributed by atoms with Crippen molar-refractivity contribution < 1.29 is 78.3 Å². The van der Waals surface area contributed by atoms with Gasteiger partial charge in [0, 0.05) is 45.2 Å². The third kappa shape index (κ3) is 19.0. The molecular formula is C25H33F10N3O7. The quantitative estimate of drug-likeness (QED) is 0.396. The minimum atomic E-state index is -5.08. The zero-order valence-electron chi connectivity index (χ0n) is 23.9. The van der Waals surface area contributed by atoms with Gasteiger partial charge in [0.1, 0.15) is 5.82 Å². The average Bonchev–Trinajstić information content (AvgIpc) is 3.10. The molecule has 1 aromatic carbocycles. The highest BCUT2D eigenvalue weighted by molar-refractivity contribution is 5.73. The van der Waals surface area contributed by atoms with Crippen LogP contribution in [-0.2, 0) is 25.7 Å². The number of carboxylic acid groups (broad SMARTS) is 3. The molecule has 45 heavy (non-hydrogen) atoms. The van der Waals surface area contributed by atoms with Crippen LogP contribution < -0.4 is 0 Å². The first-order valence-corrected chi connectivity index (χ1v) is 12.8. The lowest BCUT2D eigenvalue weighted by atomic mass is 9.93. The number of halogens is 10. The highest BCUT2D eigenvalue weighted by Crippen LogP contribution is 2.25. The molecule has 1 aromatic rings. The van der Waals surface area contributed by atoms with Crippen LogP contribution in [0.3, 0.4) is 0 Å². The zero-order valence-corrected chi connectivity index (χ0v) is 23.9. The highest BCUT2D eigenvalue weighted by Gasteiger charge is 2.39. The number of hydrogen-bond donors (Lipinski definition) is 3. The summed E-state index contributed by atoms with van der Waals surface area (Å²) in [5.74, 6) is -7.80. The molecule has 2 heterocycles. The Morgan fingerprint density at radius 1 is 0.800 bits per heavy atom. The van der Waals surface area contributed by atoms with E-state index in [2.05, 4.69) is 28.8 Å². The number of carbonyl (C=O) groups is 3. The van der Waals surface area contributed by atoms with Gasteiger partial charge in [0.15, 0.2) is 0 Å². The van der Waals surface area contributed by atoms with Crippen LogP contribution in [0, 0.1) is 11.7 Å². The molecule has 2 aliphatic heterocycles. The van der Waals surface area contributed by atoms with Crippen molar-refractivity contribution in [3.63, 3.8) is 0 Å². The van der Waals surface area contributed by atoms with E-state index in [1.165, 1.54) is 12.0 Å². The Morgan fingerprint density at radius 2 is 1.24 bits per heavy atom. The van der Waals surface area contributed by atoms with Crippen LogP contribution in [0.15, 0.2) is 24.3 Å². The van der Waals surface area contributed by atoms with E-state index in [1.54, 1.807) is 12.1 Å². The minimum absolute atomic E-state index is 0.164. The van der Waals surface area contributed by atoms with E-state index in [9.17, 15) is 43.9 Å². The van der Waals surface area contributed by atoms with Gasteiger partial charge in [-0.15, -0.1) is 0 Å². The van der Waals surface area contributed by atoms with Gasteiger partial charge in [0.2, 0.25) is 0 Å². The summed E-state index contributed by atoms with van der Waals surface area (Å²) in [5, 5.41) is 21.4. The maximum absolute atomic E-state index is 13.0. The van der Waals surface area contributed by atoms with Crippen molar-refractivity contribution in [1.82, 2.24) is 14.7 Å². The SMILES string of the molecule is CN(C)CCN1CCO[C@@H]2CN(Cc3ccc(F)cc3)CC[C@@H]2C1.O=C(O)C(F)(F)F.O=C(O)C(F)(F)F.O=C(O)C(F)(F)F. The van der Waals surface area contributed by atoms with Crippen LogP contribution in [0.5, 0.6) is 0 Å². The summed E-state index contributed by atoms with van der Waals surface area (Å²) in [5.41, 5.74) is 1.18.